The molecule has 0 bridgehead atoms. The quantitative estimate of drug-likeness (QED) is 0.868. The van der Waals surface area contributed by atoms with Crippen molar-refractivity contribution >= 4 is 22.9 Å². The minimum absolute atomic E-state index is 0.253. The predicted octanol–water partition coefficient (Wildman–Crippen LogP) is 3.26. The van der Waals surface area contributed by atoms with Gasteiger partial charge in [0.25, 0.3) is 0 Å². The van der Waals surface area contributed by atoms with Crippen LogP contribution in [0.5, 0.6) is 0 Å². The molecule has 1 fully saturated rings. The van der Waals surface area contributed by atoms with Crippen LogP contribution in [0, 0.1) is 13.8 Å². The smallest absolute Gasteiger partial charge is 0.227 e. The van der Waals surface area contributed by atoms with E-state index < -0.39 is 0 Å². The highest BCUT2D eigenvalue weighted by atomic mass is 32.1. The second-order valence-electron chi connectivity index (χ2n) is 5.91. The Kier molecular flexibility index (Phi) is 4.48. The minimum Gasteiger partial charge on any atom is -0.368 e. The van der Waals surface area contributed by atoms with Crippen LogP contribution in [0.2, 0.25) is 0 Å². The maximum Gasteiger partial charge on any atom is 0.227 e. The molecular weight excluding hydrogens is 292 g/mol. The molecule has 1 aromatic carbocycles. The van der Waals surface area contributed by atoms with E-state index in [-0.39, 0.29) is 5.91 Å². The molecule has 0 atom stereocenters. The number of thiophene rings is 1. The zero-order chi connectivity index (χ0) is 15.5. The number of carbonyl (C=O) groups excluding carboxylic acids is 1. The van der Waals surface area contributed by atoms with Gasteiger partial charge in [-0.1, -0.05) is 18.2 Å². The number of aryl methyl sites for hydroxylation is 2. The van der Waals surface area contributed by atoms with Gasteiger partial charge >= 0.3 is 0 Å². The molecule has 2 aromatic rings. The van der Waals surface area contributed by atoms with E-state index in [0.717, 1.165) is 31.1 Å². The van der Waals surface area contributed by atoms with Crippen molar-refractivity contribution in [2.45, 2.75) is 20.3 Å². The minimum atomic E-state index is 0.253. The lowest BCUT2D eigenvalue weighted by Crippen LogP contribution is -2.49. The summed E-state index contributed by atoms with van der Waals surface area (Å²) in [5.41, 5.74) is 3.91. The highest BCUT2D eigenvalue weighted by Crippen LogP contribution is 2.23. The van der Waals surface area contributed by atoms with Crippen molar-refractivity contribution in [2.24, 2.45) is 0 Å². The van der Waals surface area contributed by atoms with Gasteiger partial charge in [0.15, 0.2) is 0 Å². The fraction of sp³-hybridized carbons (Fsp3) is 0.389. The van der Waals surface area contributed by atoms with E-state index in [9.17, 15) is 4.79 Å². The lowest BCUT2D eigenvalue weighted by atomic mass is 10.1. The molecule has 3 nitrogen and oxygen atoms in total. The van der Waals surface area contributed by atoms with Crippen molar-refractivity contribution in [1.29, 1.82) is 0 Å². The average molecular weight is 314 g/mol. The number of nitrogens with zero attached hydrogens (tertiary/aromatic N) is 2. The van der Waals surface area contributed by atoms with Crippen LogP contribution in [0.1, 0.15) is 16.0 Å². The SMILES string of the molecule is Cc1ccc(C)c(N2CCN(C(=O)Cc3cccs3)CC2)c1. The third-order valence-corrected chi connectivity index (χ3v) is 5.12. The van der Waals surface area contributed by atoms with E-state index in [2.05, 4.69) is 36.9 Å². The molecule has 1 amide bonds. The summed E-state index contributed by atoms with van der Waals surface area (Å²) >= 11 is 1.66. The molecule has 1 aliphatic rings. The highest BCUT2D eigenvalue weighted by Gasteiger charge is 2.22. The third-order valence-electron chi connectivity index (χ3n) is 4.24. The van der Waals surface area contributed by atoms with Crippen LogP contribution in [0.4, 0.5) is 5.69 Å². The Hall–Kier alpha value is -1.81. The lowest BCUT2D eigenvalue weighted by Gasteiger charge is -2.37. The predicted molar refractivity (Wildman–Crippen MR) is 92.7 cm³/mol. The standard InChI is InChI=1S/C18H22N2OS/c1-14-5-6-15(2)17(12-14)19-7-9-20(10-8-19)18(21)13-16-4-3-11-22-16/h3-6,11-12H,7-10,13H2,1-2H3. The first-order valence-electron chi connectivity index (χ1n) is 7.76. The zero-order valence-corrected chi connectivity index (χ0v) is 14.0. The summed E-state index contributed by atoms with van der Waals surface area (Å²) in [4.78, 5) is 17.9. The highest BCUT2D eigenvalue weighted by molar-refractivity contribution is 7.10. The molecule has 4 heteroatoms. The van der Waals surface area contributed by atoms with Gasteiger partial charge in [-0.3, -0.25) is 4.79 Å². The molecule has 0 N–H and O–H groups in total. The summed E-state index contributed by atoms with van der Waals surface area (Å²) in [6.07, 6.45) is 0.543. The first-order valence-corrected chi connectivity index (χ1v) is 8.64. The van der Waals surface area contributed by atoms with Gasteiger partial charge < -0.3 is 9.80 Å². The average Bonchev–Trinajstić information content (AvgIpc) is 3.03. The fourth-order valence-corrected chi connectivity index (χ4v) is 3.63. The normalized spacial score (nSPS) is 15.2. The van der Waals surface area contributed by atoms with Crippen LogP contribution in [-0.4, -0.2) is 37.0 Å². The second-order valence-corrected chi connectivity index (χ2v) is 6.95. The van der Waals surface area contributed by atoms with Gasteiger partial charge in [0, 0.05) is 36.7 Å². The molecule has 0 spiro atoms. The molecule has 0 aliphatic carbocycles. The molecule has 1 saturated heterocycles. The molecule has 0 unspecified atom stereocenters. The van der Waals surface area contributed by atoms with E-state index in [1.807, 2.05) is 22.4 Å². The van der Waals surface area contributed by atoms with Gasteiger partial charge in [-0.15, -0.1) is 11.3 Å². The van der Waals surface area contributed by atoms with Gasteiger partial charge in [-0.2, -0.15) is 0 Å². The monoisotopic (exact) mass is 314 g/mol. The van der Waals surface area contributed by atoms with Crippen LogP contribution >= 0.6 is 11.3 Å². The number of hydrogen-bond acceptors (Lipinski definition) is 3. The van der Waals surface area contributed by atoms with Crippen LogP contribution in [0.25, 0.3) is 0 Å². The van der Waals surface area contributed by atoms with E-state index >= 15 is 0 Å². The van der Waals surface area contributed by atoms with Gasteiger partial charge in [0.1, 0.15) is 0 Å². The van der Waals surface area contributed by atoms with Crippen molar-refractivity contribution in [3.63, 3.8) is 0 Å². The number of carbonyl (C=O) groups is 1. The Morgan fingerprint density at radius 3 is 2.59 bits per heavy atom. The maximum absolute atomic E-state index is 12.3. The van der Waals surface area contributed by atoms with E-state index in [4.69, 9.17) is 0 Å². The van der Waals surface area contributed by atoms with Crippen LogP contribution in [0.3, 0.4) is 0 Å². The first kappa shape index (κ1) is 15.1. The van der Waals surface area contributed by atoms with Crippen molar-refractivity contribution in [1.82, 2.24) is 4.90 Å². The Labute approximate surface area is 136 Å². The molecular formula is C18H22N2OS. The summed E-state index contributed by atoms with van der Waals surface area (Å²) in [7, 11) is 0. The second kappa shape index (κ2) is 6.53. The van der Waals surface area contributed by atoms with Gasteiger partial charge in [-0.25, -0.2) is 0 Å². The molecule has 2 heterocycles. The summed E-state index contributed by atoms with van der Waals surface area (Å²) in [5.74, 6) is 0.253. The molecule has 1 aromatic heterocycles. The fourth-order valence-electron chi connectivity index (χ4n) is 2.93. The molecule has 116 valence electrons. The Balaban J connectivity index is 1.60. The van der Waals surface area contributed by atoms with E-state index in [0.29, 0.717) is 6.42 Å². The lowest BCUT2D eigenvalue weighted by molar-refractivity contribution is -0.130. The molecule has 0 radical (unpaired) electrons. The summed E-state index contributed by atoms with van der Waals surface area (Å²) in [6.45, 7) is 7.75. The number of anilines is 1. The number of amides is 1. The van der Waals surface area contributed by atoms with Crippen molar-refractivity contribution < 1.29 is 4.79 Å². The number of piperazine rings is 1. The van der Waals surface area contributed by atoms with Gasteiger partial charge in [0.05, 0.1) is 6.42 Å². The van der Waals surface area contributed by atoms with E-state index in [1.54, 1.807) is 11.3 Å². The summed E-state index contributed by atoms with van der Waals surface area (Å²) < 4.78 is 0. The van der Waals surface area contributed by atoms with Crippen LogP contribution < -0.4 is 4.90 Å². The Morgan fingerprint density at radius 2 is 1.91 bits per heavy atom. The summed E-state index contributed by atoms with van der Waals surface area (Å²) in [6, 6.07) is 10.6. The van der Waals surface area contributed by atoms with Crippen LogP contribution in [0.15, 0.2) is 35.7 Å². The molecule has 0 saturated carbocycles. The molecule has 3 rings (SSSR count). The first-order chi connectivity index (χ1) is 10.6. The van der Waals surface area contributed by atoms with Crippen LogP contribution in [-0.2, 0) is 11.2 Å². The Bertz CT molecular complexity index is 643. The van der Waals surface area contributed by atoms with E-state index in [1.165, 1.54) is 16.8 Å². The number of benzene rings is 1. The maximum atomic E-state index is 12.3. The van der Waals surface area contributed by atoms with Gasteiger partial charge in [0.2, 0.25) is 5.91 Å². The van der Waals surface area contributed by atoms with Crippen molar-refractivity contribution in [3.05, 3.63) is 51.7 Å². The third kappa shape index (κ3) is 3.33. The zero-order valence-electron chi connectivity index (χ0n) is 13.2. The van der Waals surface area contributed by atoms with Gasteiger partial charge in [-0.05, 0) is 42.5 Å². The largest absolute Gasteiger partial charge is 0.368 e. The van der Waals surface area contributed by atoms with Crippen molar-refractivity contribution in [2.75, 3.05) is 31.1 Å². The number of rotatable bonds is 3. The molecule has 22 heavy (non-hydrogen) atoms. The van der Waals surface area contributed by atoms with Crippen molar-refractivity contribution in [3.8, 4) is 0 Å². The topological polar surface area (TPSA) is 23.6 Å². The Morgan fingerprint density at radius 1 is 1.14 bits per heavy atom. The molecule has 1 aliphatic heterocycles. The summed E-state index contributed by atoms with van der Waals surface area (Å²) in [5, 5.41) is 2.03. The number of hydrogen-bond donors (Lipinski definition) is 0.